The summed E-state index contributed by atoms with van der Waals surface area (Å²) in [6, 6.07) is 0. The van der Waals surface area contributed by atoms with Crippen LogP contribution in [-0.4, -0.2) is 27.3 Å². The standard InChI is InChI=1S/C16H24N4O2/c1-5-10(3)7-8-20-15-12(9-18-20)14(17)13(11(4)19-15)16(21)22-6-2/h9-10H,5-8H2,1-4H3,(H2,17,19). The van der Waals surface area contributed by atoms with Gasteiger partial charge in [0.25, 0.3) is 0 Å². The lowest BCUT2D eigenvalue weighted by Gasteiger charge is -2.11. The lowest BCUT2D eigenvalue weighted by atomic mass is 10.1. The van der Waals surface area contributed by atoms with E-state index in [0.717, 1.165) is 25.0 Å². The highest BCUT2D eigenvalue weighted by Crippen LogP contribution is 2.26. The summed E-state index contributed by atoms with van der Waals surface area (Å²) < 4.78 is 6.91. The fraction of sp³-hybridized carbons (Fsp3) is 0.562. The molecule has 0 bridgehead atoms. The highest BCUT2D eigenvalue weighted by molar-refractivity contribution is 6.04. The highest BCUT2D eigenvalue weighted by atomic mass is 16.5. The first-order valence-corrected chi connectivity index (χ1v) is 7.78. The minimum Gasteiger partial charge on any atom is -0.462 e. The molecule has 0 fully saturated rings. The topological polar surface area (TPSA) is 83.0 Å². The fourth-order valence-electron chi connectivity index (χ4n) is 2.40. The number of ether oxygens (including phenoxy) is 1. The van der Waals surface area contributed by atoms with Gasteiger partial charge >= 0.3 is 5.97 Å². The van der Waals surface area contributed by atoms with E-state index < -0.39 is 5.97 Å². The van der Waals surface area contributed by atoms with Gasteiger partial charge in [-0.15, -0.1) is 0 Å². The largest absolute Gasteiger partial charge is 0.462 e. The number of rotatable bonds is 6. The number of hydrogen-bond donors (Lipinski definition) is 1. The molecule has 6 nitrogen and oxygen atoms in total. The van der Waals surface area contributed by atoms with E-state index in [0.29, 0.717) is 34.9 Å². The summed E-state index contributed by atoms with van der Waals surface area (Å²) in [6.45, 7) is 9.04. The average molecular weight is 304 g/mol. The number of nitrogens with two attached hydrogens (primary N) is 1. The van der Waals surface area contributed by atoms with Gasteiger partial charge in [0.2, 0.25) is 0 Å². The van der Waals surface area contributed by atoms with Gasteiger partial charge in [-0.3, -0.25) is 0 Å². The van der Waals surface area contributed by atoms with E-state index in [9.17, 15) is 4.79 Å². The van der Waals surface area contributed by atoms with Crippen LogP contribution in [0.4, 0.5) is 5.69 Å². The Labute approximate surface area is 130 Å². The smallest absolute Gasteiger partial charge is 0.342 e. The highest BCUT2D eigenvalue weighted by Gasteiger charge is 2.20. The molecule has 2 heterocycles. The quantitative estimate of drug-likeness (QED) is 0.830. The van der Waals surface area contributed by atoms with Crippen molar-refractivity contribution in [2.75, 3.05) is 12.3 Å². The Kier molecular flexibility index (Phi) is 5.00. The summed E-state index contributed by atoms with van der Waals surface area (Å²) in [4.78, 5) is 16.5. The molecule has 0 saturated heterocycles. The molecule has 0 saturated carbocycles. The molecule has 6 heteroatoms. The molecule has 1 atom stereocenters. The van der Waals surface area contributed by atoms with Crippen LogP contribution in [0.15, 0.2) is 6.20 Å². The number of anilines is 1. The minimum atomic E-state index is -0.431. The van der Waals surface area contributed by atoms with E-state index in [4.69, 9.17) is 10.5 Å². The SMILES string of the molecule is CCOC(=O)c1c(C)nc2c(cnn2CCC(C)CC)c1N. The van der Waals surface area contributed by atoms with Crippen LogP contribution in [0.1, 0.15) is 49.7 Å². The number of hydrogen-bond acceptors (Lipinski definition) is 5. The summed E-state index contributed by atoms with van der Waals surface area (Å²) in [5, 5.41) is 5.08. The zero-order valence-electron chi connectivity index (χ0n) is 13.7. The molecule has 2 N–H and O–H groups in total. The Balaban J connectivity index is 2.40. The summed E-state index contributed by atoms with van der Waals surface area (Å²) in [5.41, 5.74) is 8.20. The first-order valence-electron chi connectivity index (χ1n) is 7.78. The van der Waals surface area contributed by atoms with Gasteiger partial charge < -0.3 is 10.5 Å². The van der Waals surface area contributed by atoms with E-state index in [-0.39, 0.29) is 0 Å². The van der Waals surface area contributed by atoms with Crippen molar-refractivity contribution in [2.45, 2.75) is 47.1 Å². The van der Waals surface area contributed by atoms with Crippen molar-refractivity contribution in [1.29, 1.82) is 0 Å². The molecule has 0 amide bonds. The number of nitrogen functional groups attached to an aromatic ring is 1. The number of aryl methyl sites for hydroxylation is 2. The maximum atomic E-state index is 12.0. The van der Waals surface area contributed by atoms with Gasteiger partial charge in [-0.25, -0.2) is 14.5 Å². The third kappa shape index (κ3) is 3.05. The fourth-order valence-corrected chi connectivity index (χ4v) is 2.40. The van der Waals surface area contributed by atoms with Crippen molar-refractivity contribution in [3.8, 4) is 0 Å². The third-order valence-corrected chi connectivity index (χ3v) is 4.02. The zero-order chi connectivity index (χ0) is 16.3. The molecule has 1 unspecified atom stereocenters. The van der Waals surface area contributed by atoms with Crippen molar-refractivity contribution in [3.63, 3.8) is 0 Å². The Bertz CT molecular complexity index is 678. The Morgan fingerprint density at radius 2 is 2.18 bits per heavy atom. The molecule has 0 aromatic carbocycles. The number of nitrogens with zero attached hydrogens (tertiary/aromatic N) is 3. The Morgan fingerprint density at radius 3 is 2.82 bits per heavy atom. The molecule has 2 rings (SSSR count). The molecular weight excluding hydrogens is 280 g/mol. The predicted molar refractivity (Wildman–Crippen MR) is 86.7 cm³/mol. The summed E-state index contributed by atoms with van der Waals surface area (Å²) in [7, 11) is 0. The van der Waals surface area contributed by atoms with Crippen LogP contribution in [0.3, 0.4) is 0 Å². The predicted octanol–water partition coefficient (Wildman–Crippen LogP) is 2.93. The molecule has 0 aliphatic rings. The van der Waals surface area contributed by atoms with Gasteiger partial charge in [0.05, 0.1) is 29.6 Å². The van der Waals surface area contributed by atoms with Crippen LogP contribution < -0.4 is 5.73 Å². The second-order valence-corrected chi connectivity index (χ2v) is 5.61. The van der Waals surface area contributed by atoms with Gasteiger partial charge in [-0.1, -0.05) is 20.3 Å². The lowest BCUT2D eigenvalue weighted by molar-refractivity contribution is 0.0526. The van der Waals surface area contributed by atoms with E-state index in [1.165, 1.54) is 0 Å². The van der Waals surface area contributed by atoms with Crippen molar-refractivity contribution >= 4 is 22.7 Å². The molecule has 2 aromatic rings. The molecule has 0 radical (unpaired) electrons. The molecule has 2 aromatic heterocycles. The number of carbonyl (C=O) groups excluding carboxylic acids is 1. The number of esters is 1. The van der Waals surface area contributed by atoms with E-state index >= 15 is 0 Å². The summed E-state index contributed by atoms with van der Waals surface area (Å²) in [5.74, 6) is 0.204. The van der Waals surface area contributed by atoms with Gasteiger partial charge in [-0.05, 0) is 26.2 Å². The Hall–Kier alpha value is -2.11. The second-order valence-electron chi connectivity index (χ2n) is 5.61. The van der Waals surface area contributed by atoms with Crippen LogP contribution >= 0.6 is 0 Å². The first-order chi connectivity index (χ1) is 10.5. The lowest BCUT2D eigenvalue weighted by Crippen LogP contribution is -2.12. The second kappa shape index (κ2) is 6.77. The van der Waals surface area contributed by atoms with Gasteiger partial charge in [0.15, 0.2) is 5.65 Å². The van der Waals surface area contributed by atoms with Crippen LogP contribution in [0, 0.1) is 12.8 Å². The van der Waals surface area contributed by atoms with Gasteiger partial charge in [0, 0.05) is 6.54 Å². The van der Waals surface area contributed by atoms with E-state index in [2.05, 4.69) is 23.9 Å². The molecule has 22 heavy (non-hydrogen) atoms. The summed E-state index contributed by atoms with van der Waals surface area (Å²) in [6.07, 6.45) is 3.85. The maximum Gasteiger partial charge on any atom is 0.342 e. The minimum absolute atomic E-state index is 0.309. The van der Waals surface area contributed by atoms with E-state index in [1.807, 2.05) is 4.68 Å². The van der Waals surface area contributed by atoms with E-state index in [1.54, 1.807) is 20.0 Å². The Morgan fingerprint density at radius 1 is 1.45 bits per heavy atom. The molecule has 0 aliphatic carbocycles. The number of aromatic nitrogens is 3. The zero-order valence-corrected chi connectivity index (χ0v) is 13.7. The molecule has 0 aliphatic heterocycles. The van der Waals surface area contributed by atoms with Gasteiger partial charge in [0.1, 0.15) is 5.56 Å². The van der Waals surface area contributed by atoms with Crippen LogP contribution in [0.2, 0.25) is 0 Å². The first kappa shape index (κ1) is 16.3. The number of carbonyl (C=O) groups is 1. The van der Waals surface area contributed by atoms with Crippen LogP contribution in [0.5, 0.6) is 0 Å². The monoisotopic (exact) mass is 304 g/mol. The van der Waals surface area contributed by atoms with Gasteiger partial charge in [-0.2, -0.15) is 5.10 Å². The maximum absolute atomic E-state index is 12.0. The molecule has 0 spiro atoms. The number of fused-ring (bicyclic) bond motifs is 1. The van der Waals surface area contributed by atoms with Crippen molar-refractivity contribution in [2.24, 2.45) is 5.92 Å². The van der Waals surface area contributed by atoms with Crippen LogP contribution in [-0.2, 0) is 11.3 Å². The molecular formula is C16H24N4O2. The third-order valence-electron chi connectivity index (χ3n) is 4.02. The number of pyridine rings is 1. The van der Waals surface area contributed by atoms with Crippen molar-refractivity contribution in [3.05, 3.63) is 17.5 Å². The van der Waals surface area contributed by atoms with Crippen molar-refractivity contribution in [1.82, 2.24) is 14.8 Å². The average Bonchev–Trinajstić information content (AvgIpc) is 2.88. The summed E-state index contributed by atoms with van der Waals surface area (Å²) >= 11 is 0. The molecule has 120 valence electrons. The van der Waals surface area contributed by atoms with Crippen LogP contribution in [0.25, 0.3) is 11.0 Å². The normalized spacial score (nSPS) is 12.5. The van der Waals surface area contributed by atoms with Crippen molar-refractivity contribution < 1.29 is 9.53 Å².